The monoisotopic (exact) mass is 118 g/mol. The molecule has 0 aliphatic carbocycles. The summed E-state index contributed by atoms with van der Waals surface area (Å²) in [6.45, 7) is 0.405. The molecule has 48 valence electrons. The molecule has 1 unspecified atom stereocenters. The second-order valence-electron chi connectivity index (χ2n) is 2.03. The Balaban J connectivity index is 2.22. The van der Waals surface area contributed by atoms with Crippen molar-refractivity contribution in [2.75, 3.05) is 13.2 Å². The number of aliphatic hydroxyl groups is 2. The molecule has 2 atom stereocenters. The maximum Gasteiger partial charge on any atom is 0.0832 e. The van der Waals surface area contributed by atoms with Gasteiger partial charge in [-0.15, -0.1) is 0 Å². The van der Waals surface area contributed by atoms with Crippen LogP contribution in [0.1, 0.15) is 6.42 Å². The van der Waals surface area contributed by atoms with Crippen molar-refractivity contribution >= 4 is 0 Å². The van der Waals surface area contributed by atoms with Gasteiger partial charge in [-0.3, -0.25) is 0 Å². The van der Waals surface area contributed by atoms with Gasteiger partial charge in [0.2, 0.25) is 0 Å². The zero-order valence-electron chi connectivity index (χ0n) is 4.58. The van der Waals surface area contributed by atoms with E-state index in [1.54, 1.807) is 0 Å². The number of hydrogen-bond acceptors (Lipinski definition) is 3. The highest BCUT2D eigenvalue weighted by Crippen LogP contribution is 2.11. The Hall–Kier alpha value is -0.120. The van der Waals surface area contributed by atoms with Gasteiger partial charge in [0.25, 0.3) is 0 Å². The van der Waals surface area contributed by atoms with E-state index >= 15 is 0 Å². The summed E-state index contributed by atoms with van der Waals surface area (Å²) in [5, 5.41) is 17.2. The first-order valence-corrected chi connectivity index (χ1v) is 2.73. The lowest BCUT2D eigenvalue weighted by atomic mass is 10.2. The zero-order valence-corrected chi connectivity index (χ0v) is 4.58. The lowest BCUT2D eigenvalue weighted by molar-refractivity contribution is 0.0516. The van der Waals surface area contributed by atoms with Gasteiger partial charge in [-0.2, -0.15) is 0 Å². The summed E-state index contributed by atoms with van der Waals surface area (Å²) in [6.07, 6.45) is 0.105. The molecule has 1 saturated heterocycles. The summed E-state index contributed by atoms with van der Waals surface area (Å²) >= 11 is 0. The quantitative estimate of drug-likeness (QED) is 0.470. The van der Waals surface area contributed by atoms with E-state index < -0.39 is 0 Å². The van der Waals surface area contributed by atoms with Crippen molar-refractivity contribution in [2.45, 2.75) is 18.6 Å². The number of aliphatic hydroxyl groups excluding tert-OH is 2. The van der Waals surface area contributed by atoms with Crippen molar-refractivity contribution in [3.8, 4) is 0 Å². The Morgan fingerprint density at radius 1 is 1.62 bits per heavy atom. The average molecular weight is 118 g/mol. The van der Waals surface area contributed by atoms with Crippen molar-refractivity contribution in [1.82, 2.24) is 0 Å². The highest BCUT2D eigenvalue weighted by molar-refractivity contribution is 4.70. The summed E-state index contributed by atoms with van der Waals surface area (Å²) < 4.78 is 4.91. The van der Waals surface area contributed by atoms with Crippen LogP contribution in [0.3, 0.4) is 0 Å². The molecular formula is C5H10O3. The first kappa shape index (κ1) is 6.01. The fourth-order valence-electron chi connectivity index (χ4n) is 0.814. The van der Waals surface area contributed by atoms with Crippen molar-refractivity contribution < 1.29 is 14.9 Å². The van der Waals surface area contributed by atoms with Crippen molar-refractivity contribution in [3.63, 3.8) is 0 Å². The second-order valence-corrected chi connectivity index (χ2v) is 2.03. The Labute approximate surface area is 47.9 Å². The molecule has 0 saturated carbocycles. The minimum atomic E-state index is -0.354. The Bertz CT molecular complexity index is 74.1. The zero-order chi connectivity index (χ0) is 5.98. The third kappa shape index (κ3) is 1.18. The molecule has 0 amide bonds. The van der Waals surface area contributed by atoms with Gasteiger partial charge in [-0.25, -0.2) is 0 Å². The fourth-order valence-corrected chi connectivity index (χ4v) is 0.814. The molecule has 0 aromatic rings. The molecule has 0 aromatic carbocycles. The molecule has 1 rings (SSSR count). The maximum absolute atomic E-state index is 8.79. The van der Waals surface area contributed by atoms with Gasteiger partial charge < -0.3 is 14.9 Å². The average Bonchev–Trinajstić information content (AvgIpc) is 2.14. The Morgan fingerprint density at radius 3 is 2.62 bits per heavy atom. The molecule has 3 nitrogen and oxygen atoms in total. The van der Waals surface area contributed by atoms with E-state index in [4.69, 9.17) is 14.9 Å². The van der Waals surface area contributed by atoms with Crippen LogP contribution >= 0.6 is 0 Å². The molecule has 0 bridgehead atoms. The lowest BCUT2D eigenvalue weighted by Crippen LogP contribution is -2.10. The van der Waals surface area contributed by atoms with Crippen molar-refractivity contribution in [1.29, 1.82) is 0 Å². The van der Waals surface area contributed by atoms with Gasteiger partial charge >= 0.3 is 0 Å². The van der Waals surface area contributed by atoms with Crippen molar-refractivity contribution in [3.05, 3.63) is 0 Å². The second kappa shape index (κ2) is 2.44. The molecule has 8 heavy (non-hydrogen) atoms. The molecule has 1 heterocycles. The minimum Gasteiger partial charge on any atom is -0.394 e. The number of ether oxygens (including phenoxy) is 1. The topological polar surface area (TPSA) is 49.7 Å². The van der Waals surface area contributed by atoms with E-state index in [0.29, 0.717) is 13.0 Å². The first-order valence-electron chi connectivity index (χ1n) is 2.73. The van der Waals surface area contributed by atoms with E-state index in [1.807, 2.05) is 0 Å². The van der Waals surface area contributed by atoms with Crippen LogP contribution in [0.15, 0.2) is 0 Å². The van der Waals surface area contributed by atoms with Crippen LogP contribution < -0.4 is 0 Å². The van der Waals surface area contributed by atoms with Gasteiger partial charge in [-0.1, -0.05) is 0 Å². The number of rotatable bonds is 1. The van der Waals surface area contributed by atoms with E-state index in [-0.39, 0.29) is 18.8 Å². The summed E-state index contributed by atoms with van der Waals surface area (Å²) in [7, 11) is 0. The van der Waals surface area contributed by atoms with Crippen LogP contribution in [0.4, 0.5) is 0 Å². The molecule has 1 aliphatic rings. The molecule has 1 fully saturated rings. The highest BCUT2D eigenvalue weighted by atomic mass is 16.5. The fraction of sp³-hybridized carbons (Fsp3) is 1.00. The van der Waals surface area contributed by atoms with Crippen LogP contribution in [0.5, 0.6) is 0 Å². The van der Waals surface area contributed by atoms with E-state index in [1.165, 1.54) is 0 Å². The van der Waals surface area contributed by atoms with Crippen LogP contribution in [-0.2, 0) is 4.74 Å². The summed E-state index contributed by atoms with van der Waals surface area (Å²) in [6, 6.07) is 0. The largest absolute Gasteiger partial charge is 0.394 e. The van der Waals surface area contributed by atoms with Gasteiger partial charge in [0, 0.05) is 6.42 Å². The molecule has 0 radical (unpaired) electrons. The predicted molar refractivity (Wildman–Crippen MR) is 27.4 cm³/mol. The third-order valence-corrected chi connectivity index (χ3v) is 1.26. The van der Waals surface area contributed by atoms with Crippen LogP contribution in [0.2, 0.25) is 0 Å². The normalized spacial score (nSPS) is 38.2. The number of hydrogen-bond donors (Lipinski definition) is 2. The van der Waals surface area contributed by atoms with E-state index in [0.717, 1.165) is 0 Å². The molecule has 0 aromatic heterocycles. The maximum atomic E-state index is 8.79. The molecule has 1 aliphatic heterocycles. The summed E-state index contributed by atoms with van der Waals surface area (Å²) in [5.74, 6) is 0. The smallest absolute Gasteiger partial charge is 0.0832 e. The van der Waals surface area contributed by atoms with E-state index in [2.05, 4.69) is 0 Å². The van der Waals surface area contributed by atoms with Gasteiger partial charge in [0.15, 0.2) is 0 Å². The van der Waals surface area contributed by atoms with Crippen LogP contribution in [0.25, 0.3) is 0 Å². The lowest BCUT2D eigenvalue weighted by Gasteiger charge is -2.00. The SMILES string of the molecule is OC[C@H]1CC(O)CO1. The van der Waals surface area contributed by atoms with Crippen LogP contribution in [0, 0.1) is 0 Å². The van der Waals surface area contributed by atoms with Crippen LogP contribution in [-0.4, -0.2) is 35.6 Å². The summed E-state index contributed by atoms with van der Waals surface area (Å²) in [5.41, 5.74) is 0. The minimum absolute atomic E-state index is 0.0249. The Morgan fingerprint density at radius 2 is 2.38 bits per heavy atom. The Kier molecular flexibility index (Phi) is 1.83. The van der Waals surface area contributed by atoms with Crippen molar-refractivity contribution in [2.24, 2.45) is 0 Å². The van der Waals surface area contributed by atoms with Gasteiger partial charge in [-0.05, 0) is 0 Å². The standard InChI is InChI=1S/C5H10O3/c6-2-5-1-4(7)3-8-5/h4-7H,1-3H2/t4?,5-/m1/s1. The first-order chi connectivity index (χ1) is 3.83. The molecule has 0 spiro atoms. The predicted octanol–water partition coefficient (Wildman–Crippen LogP) is -0.872. The van der Waals surface area contributed by atoms with Gasteiger partial charge in [0.1, 0.15) is 0 Å². The third-order valence-electron chi connectivity index (χ3n) is 1.26. The van der Waals surface area contributed by atoms with E-state index in [9.17, 15) is 0 Å². The van der Waals surface area contributed by atoms with Gasteiger partial charge in [0.05, 0.1) is 25.4 Å². The molecule has 2 N–H and O–H groups in total. The summed E-state index contributed by atoms with van der Waals surface area (Å²) in [4.78, 5) is 0. The highest BCUT2D eigenvalue weighted by Gasteiger charge is 2.21. The molecular weight excluding hydrogens is 108 g/mol. The molecule has 3 heteroatoms.